The zero-order valence-electron chi connectivity index (χ0n) is 21.2. The maximum atomic E-state index is 14.7. The number of aromatic amines is 1. The molecule has 0 radical (unpaired) electrons. The number of carbonyl (C=O) groups is 2. The summed E-state index contributed by atoms with van der Waals surface area (Å²) in [5, 5.41) is 5.79. The van der Waals surface area contributed by atoms with E-state index in [-0.39, 0.29) is 29.1 Å². The van der Waals surface area contributed by atoms with E-state index in [2.05, 4.69) is 15.6 Å². The molecule has 2 aliphatic heterocycles. The van der Waals surface area contributed by atoms with Crippen LogP contribution >= 0.6 is 0 Å². The van der Waals surface area contributed by atoms with Crippen LogP contribution in [0.15, 0.2) is 42.5 Å². The molecule has 0 unspecified atom stereocenters. The van der Waals surface area contributed by atoms with Crippen molar-refractivity contribution in [1.82, 2.24) is 15.2 Å². The molecular weight excluding hydrogens is 507 g/mol. The van der Waals surface area contributed by atoms with Crippen LogP contribution < -0.4 is 10.6 Å². The number of rotatable bonds is 6. The van der Waals surface area contributed by atoms with Crippen molar-refractivity contribution in [2.75, 3.05) is 43.0 Å². The fourth-order valence-electron chi connectivity index (χ4n) is 5.08. The highest BCUT2D eigenvalue weighted by Crippen LogP contribution is 2.41. The van der Waals surface area contributed by atoms with Crippen LogP contribution in [0.4, 0.5) is 10.1 Å². The first-order chi connectivity index (χ1) is 18.1. The summed E-state index contributed by atoms with van der Waals surface area (Å²) in [5.41, 5.74) is 5.09. The van der Waals surface area contributed by atoms with Gasteiger partial charge in [0.1, 0.15) is 5.82 Å². The van der Waals surface area contributed by atoms with Gasteiger partial charge in [-0.3, -0.25) is 14.5 Å². The number of halogens is 1. The minimum absolute atomic E-state index is 0.143. The first-order valence-electron chi connectivity index (χ1n) is 12.5. The topological polar surface area (TPSA) is 111 Å². The number of carbonyl (C=O) groups excluding carboxylic acids is 2. The minimum atomic E-state index is -2.95. The van der Waals surface area contributed by atoms with Crippen LogP contribution in [0.1, 0.15) is 32.9 Å². The third-order valence-corrected chi connectivity index (χ3v) is 8.74. The monoisotopic (exact) mass is 536 g/mol. The average molecular weight is 537 g/mol. The third kappa shape index (κ3) is 5.01. The molecule has 3 N–H and O–H groups in total. The van der Waals surface area contributed by atoms with Crippen LogP contribution in [0.5, 0.6) is 0 Å². The van der Waals surface area contributed by atoms with E-state index in [0.717, 1.165) is 0 Å². The predicted molar refractivity (Wildman–Crippen MR) is 146 cm³/mol. The zero-order valence-corrected chi connectivity index (χ0v) is 22.0. The van der Waals surface area contributed by atoms with Crippen LogP contribution in [0.3, 0.4) is 0 Å². The Hall–Kier alpha value is -3.76. The Morgan fingerprint density at radius 2 is 1.79 bits per heavy atom. The molecule has 3 heterocycles. The van der Waals surface area contributed by atoms with Gasteiger partial charge in [0.15, 0.2) is 9.84 Å². The van der Waals surface area contributed by atoms with Crippen LogP contribution in [-0.2, 0) is 14.6 Å². The Kier molecular flexibility index (Phi) is 6.93. The SMILES string of the molecule is Cc1[nH]c(/C=C2\C(=O)Nc3cccc(-c4ccccc4F)c32)c(C)c1C(=O)NCCN1CCS(=O)(=O)CC1. The lowest BCUT2D eigenvalue weighted by Gasteiger charge is -2.26. The lowest BCUT2D eigenvalue weighted by atomic mass is 9.94. The maximum absolute atomic E-state index is 14.7. The van der Waals surface area contributed by atoms with Crippen molar-refractivity contribution in [3.63, 3.8) is 0 Å². The molecule has 2 amide bonds. The number of aromatic nitrogens is 1. The van der Waals surface area contributed by atoms with Gasteiger partial charge in [-0.2, -0.15) is 0 Å². The van der Waals surface area contributed by atoms with Gasteiger partial charge in [0.2, 0.25) is 0 Å². The first kappa shape index (κ1) is 25.9. The zero-order chi connectivity index (χ0) is 27.0. The van der Waals surface area contributed by atoms with Crippen molar-refractivity contribution >= 4 is 39.0 Å². The standard InChI is InChI=1S/C28H29FN4O4S/c1-17-24(31-18(2)25(17)28(35)30-10-11-33-12-14-38(36,37)15-13-33)16-21-26-20(19-6-3-4-8-22(19)29)7-5-9-23(26)32-27(21)34/h3-9,16,31H,10-15H2,1-2H3,(H,30,35)(H,32,34)/b21-16-. The van der Waals surface area contributed by atoms with E-state index in [4.69, 9.17) is 0 Å². The number of sulfone groups is 1. The summed E-state index contributed by atoms with van der Waals surface area (Å²) in [5.74, 6) is -0.634. The van der Waals surface area contributed by atoms with Crippen molar-refractivity contribution in [3.05, 3.63) is 76.4 Å². The van der Waals surface area contributed by atoms with Gasteiger partial charge in [0.05, 0.1) is 22.6 Å². The predicted octanol–water partition coefficient (Wildman–Crippen LogP) is 3.39. The number of fused-ring (bicyclic) bond motifs is 1. The second-order valence-corrected chi connectivity index (χ2v) is 11.9. The number of aryl methyl sites for hydroxylation is 1. The van der Waals surface area contributed by atoms with Crippen molar-refractivity contribution < 1.29 is 22.4 Å². The molecule has 0 spiro atoms. The summed E-state index contributed by atoms with van der Waals surface area (Å²) in [4.78, 5) is 31.2. The van der Waals surface area contributed by atoms with E-state index in [1.54, 1.807) is 49.4 Å². The van der Waals surface area contributed by atoms with Crippen molar-refractivity contribution in [2.45, 2.75) is 13.8 Å². The quantitative estimate of drug-likeness (QED) is 0.418. The molecule has 2 aliphatic rings. The molecule has 10 heteroatoms. The van der Waals surface area contributed by atoms with Gasteiger partial charge in [0.25, 0.3) is 11.8 Å². The van der Waals surface area contributed by atoms with E-state index in [1.807, 2.05) is 11.8 Å². The Morgan fingerprint density at radius 1 is 1.08 bits per heavy atom. The molecule has 198 valence electrons. The summed E-state index contributed by atoms with van der Waals surface area (Å²) < 4.78 is 37.9. The van der Waals surface area contributed by atoms with Crippen LogP contribution in [0.25, 0.3) is 22.8 Å². The van der Waals surface area contributed by atoms with Crippen LogP contribution in [-0.4, -0.2) is 67.8 Å². The third-order valence-electron chi connectivity index (χ3n) is 7.13. The van der Waals surface area contributed by atoms with Gasteiger partial charge in [0, 0.05) is 54.4 Å². The number of hydrogen-bond acceptors (Lipinski definition) is 5. The normalized spacial score (nSPS) is 17.9. The Morgan fingerprint density at radius 3 is 2.53 bits per heavy atom. The second-order valence-electron chi connectivity index (χ2n) is 9.63. The van der Waals surface area contributed by atoms with E-state index in [0.29, 0.717) is 76.6 Å². The summed E-state index contributed by atoms with van der Waals surface area (Å²) in [6, 6.07) is 11.8. The van der Waals surface area contributed by atoms with Gasteiger partial charge in [-0.1, -0.05) is 30.3 Å². The highest BCUT2D eigenvalue weighted by molar-refractivity contribution is 7.91. The van der Waals surface area contributed by atoms with Crippen molar-refractivity contribution in [1.29, 1.82) is 0 Å². The fraction of sp³-hybridized carbons (Fsp3) is 0.286. The number of nitrogens with zero attached hydrogens (tertiary/aromatic N) is 1. The largest absolute Gasteiger partial charge is 0.358 e. The summed E-state index contributed by atoms with van der Waals surface area (Å²) in [7, 11) is -2.95. The number of amides is 2. The molecule has 2 aromatic carbocycles. The lowest BCUT2D eigenvalue weighted by Crippen LogP contribution is -2.43. The van der Waals surface area contributed by atoms with Gasteiger partial charge in [-0.25, -0.2) is 12.8 Å². The van der Waals surface area contributed by atoms with Gasteiger partial charge in [-0.15, -0.1) is 0 Å². The summed E-state index contributed by atoms with van der Waals surface area (Å²) >= 11 is 0. The van der Waals surface area contributed by atoms with E-state index < -0.39 is 9.84 Å². The highest BCUT2D eigenvalue weighted by Gasteiger charge is 2.29. The van der Waals surface area contributed by atoms with E-state index in [1.165, 1.54) is 6.07 Å². The molecule has 38 heavy (non-hydrogen) atoms. The van der Waals surface area contributed by atoms with Gasteiger partial charge >= 0.3 is 0 Å². The molecule has 8 nitrogen and oxygen atoms in total. The fourth-order valence-corrected chi connectivity index (χ4v) is 6.36. The highest BCUT2D eigenvalue weighted by atomic mass is 32.2. The van der Waals surface area contributed by atoms with Crippen molar-refractivity contribution in [2.24, 2.45) is 0 Å². The second kappa shape index (κ2) is 10.2. The van der Waals surface area contributed by atoms with E-state index in [9.17, 15) is 22.4 Å². The number of benzene rings is 2. The maximum Gasteiger partial charge on any atom is 0.256 e. The molecule has 1 saturated heterocycles. The van der Waals surface area contributed by atoms with Gasteiger partial charge in [-0.05, 0) is 43.2 Å². The molecule has 3 aromatic rings. The summed E-state index contributed by atoms with van der Waals surface area (Å²) in [6.45, 7) is 5.51. The number of nitrogens with one attached hydrogen (secondary N) is 3. The Labute approximate surface area is 220 Å². The molecule has 1 aromatic heterocycles. The van der Waals surface area contributed by atoms with Crippen LogP contribution in [0, 0.1) is 19.7 Å². The van der Waals surface area contributed by atoms with Gasteiger partial charge < -0.3 is 15.6 Å². The Bertz CT molecular complexity index is 1560. The molecule has 0 bridgehead atoms. The molecular formula is C28H29FN4O4S. The molecule has 0 atom stereocenters. The number of H-pyrrole nitrogens is 1. The summed E-state index contributed by atoms with van der Waals surface area (Å²) in [6.07, 6.45) is 1.71. The Balaban J connectivity index is 1.38. The van der Waals surface area contributed by atoms with Crippen LogP contribution in [0.2, 0.25) is 0 Å². The minimum Gasteiger partial charge on any atom is -0.358 e. The first-order valence-corrected chi connectivity index (χ1v) is 14.3. The smallest absolute Gasteiger partial charge is 0.256 e. The molecule has 1 fully saturated rings. The number of anilines is 1. The molecule has 5 rings (SSSR count). The molecule has 0 saturated carbocycles. The van der Waals surface area contributed by atoms with Crippen molar-refractivity contribution in [3.8, 4) is 11.1 Å². The number of hydrogen-bond donors (Lipinski definition) is 3. The lowest BCUT2D eigenvalue weighted by molar-refractivity contribution is -0.110. The molecule has 0 aliphatic carbocycles. The van der Waals surface area contributed by atoms with E-state index >= 15 is 0 Å². The average Bonchev–Trinajstić information content (AvgIpc) is 3.35.